The molecule has 0 amide bonds. The van der Waals surface area contributed by atoms with Gasteiger partial charge in [-0.05, 0) is 24.3 Å². The molecule has 20 heavy (non-hydrogen) atoms. The predicted molar refractivity (Wildman–Crippen MR) is 70.8 cm³/mol. The van der Waals surface area contributed by atoms with Gasteiger partial charge in [0.15, 0.2) is 6.29 Å². The summed E-state index contributed by atoms with van der Waals surface area (Å²) in [6.45, 7) is 0. The summed E-state index contributed by atoms with van der Waals surface area (Å²) in [5.41, 5.74) is 1.65. The summed E-state index contributed by atoms with van der Waals surface area (Å²) in [4.78, 5) is 30.4. The number of carboxylic acids is 1. The first-order valence-corrected chi connectivity index (χ1v) is 5.81. The average molecular weight is 267 g/mol. The largest absolute Gasteiger partial charge is 0.478 e. The molecule has 6 nitrogen and oxygen atoms in total. The molecule has 3 heterocycles. The first kappa shape index (κ1) is 12.0. The Kier molecular flexibility index (Phi) is 2.76. The van der Waals surface area contributed by atoms with Crippen molar-refractivity contribution in [2.24, 2.45) is 0 Å². The highest BCUT2D eigenvalue weighted by Gasteiger charge is 2.14. The lowest BCUT2D eigenvalue weighted by molar-refractivity contribution is 0.0696. The van der Waals surface area contributed by atoms with Crippen molar-refractivity contribution in [1.82, 2.24) is 14.4 Å². The number of aldehydes is 1. The van der Waals surface area contributed by atoms with Crippen molar-refractivity contribution in [3.63, 3.8) is 0 Å². The van der Waals surface area contributed by atoms with Gasteiger partial charge in [0, 0.05) is 24.2 Å². The minimum Gasteiger partial charge on any atom is -0.478 e. The van der Waals surface area contributed by atoms with Crippen LogP contribution in [-0.2, 0) is 0 Å². The maximum Gasteiger partial charge on any atom is 0.337 e. The monoisotopic (exact) mass is 267 g/mol. The molecule has 98 valence electrons. The zero-order valence-corrected chi connectivity index (χ0v) is 10.2. The summed E-state index contributed by atoms with van der Waals surface area (Å²) >= 11 is 0. The fourth-order valence-corrected chi connectivity index (χ4v) is 2.02. The van der Waals surface area contributed by atoms with E-state index >= 15 is 0 Å². The Morgan fingerprint density at radius 3 is 2.80 bits per heavy atom. The number of carbonyl (C=O) groups is 2. The first-order valence-electron chi connectivity index (χ1n) is 5.81. The van der Waals surface area contributed by atoms with E-state index in [2.05, 4.69) is 9.97 Å². The van der Waals surface area contributed by atoms with Crippen LogP contribution >= 0.6 is 0 Å². The second kappa shape index (κ2) is 4.58. The van der Waals surface area contributed by atoms with Crippen molar-refractivity contribution < 1.29 is 14.7 Å². The number of imidazole rings is 1. The lowest BCUT2D eigenvalue weighted by Gasteiger charge is -2.02. The second-order valence-corrected chi connectivity index (χ2v) is 4.16. The van der Waals surface area contributed by atoms with Gasteiger partial charge in [0.1, 0.15) is 11.5 Å². The number of pyridine rings is 2. The highest BCUT2D eigenvalue weighted by atomic mass is 16.4. The fourth-order valence-electron chi connectivity index (χ4n) is 2.02. The number of nitrogens with zero attached hydrogens (tertiary/aromatic N) is 3. The van der Waals surface area contributed by atoms with Gasteiger partial charge in [-0.1, -0.05) is 0 Å². The summed E-state index contributed by atoms with van der Waals surface area (Å²) < 4.78 is 1.59. The van der Waals surface area contributed by atoms with Crippen LogP contribution in [0.25, 0.3) is 16.9 Å². The van der Waals surface area contributed by atoms with Gasteiger partial charge < -0.3 is 5.11 Å². The Bertz CT molecular complexity index is 809. The Labute approximate surface area is 113 Å². The van der Waals surface area contributed by atoms with E-state index in [1.54, 1.807) is 35.0 Å². The minimum absolute atomic E-state index is 0.123. The normalized spacial score (nSPS) is 10.6. The van der Waals surface area contributed by atoms with Crippen LogP contribution in [0.1, 0.15) is 20.8 Å². The van der Waals surface area contributed by atoms with Crippen molar-refractivity contribution >= 4 is 17.8 Å². The van der Waals surface area contributed by atoms with Crippen LogP contribution in [0.5, 0.6) is 0 Å². The maximum atomic E-state index is 11.1. The Hall–Kier alpha value is -3.02. The van der Waals surface area contributed by atoms with Gasteiger partial charge in [-0.3, -0.25) is 14.2 Å². The Balaban J connectivity index is 2.33. The highest BCUT2D eigenvalue weighted by molar-refractivity contribution is 5.90. The number of aromatic carboxylic acids is 1. The van der Waals surface area contributed by atoms with Crippen molar-refractivity contribution in [3.8, 4) is 11.4 Å². The van der Waals surface area contributed by atoms with Crippen molar-refractivity contribution in [3.05, 3.63) is 54.1 Å². The average Bonchev–Trinajstić information content (AvgIpc) is 2.86. The molecule has 0 aromatic carbocycles. The first-order chi connectivity index (χ1) is 9.70. The molecular formula is C14H9N3O3. The number of hydrogen-bond acceptors (Lipinski definition) is 4. The molecule has 0 saturated carbocycles. The van der Waals surface area contributed by atoms with Crippen molar-refractivity contribution in [2.45, 2.75) is 0 Å². The fraction of sp³-hybridized carbons (Fsp3) is 0. The molecule has 0 atom stereocenters. The van der Waals surface area contributed by atoms with Crippen LogP contribution in [0.15, 0.2) is 42.9 Å². The third-order valence-electron chi connectivity index (χ3n) is 2.94. The van der Waals surface area contributed by atoms with E-state index < -0.39 is 5.97 Å². The molecule has 0 unspecified atom stereocenters. The van der Waals surface area contributed by atoms with Gasteiger partial charge in [-0.2, -0.15) is 0 Å². The Morgan fingerprint density at radius 2 is 2.15 bits per heavy atom. The lowest BCUT2D eigenvalue weighted by atomic mass is 10.2. The van der Waals surface area contributed by atoms with Crippen LogP contribution in [-0.4, -0.2) is 31.7 Å². The summed E-state index contributed by atoms with van der Waals surface area (Å²) in [7, 11) is 0. The SMILES string of the molecule is O=Cc1nc(-c2cccnc2)n2cc(C(=O)O)ccc12. The molecule has 1 N–H and O–H groups in total. The third kappa shape index (κ3) is 1.83. The van der Waals surface area contributed by atoms with Crippen LogP contribution in [0, 0.1) is 0 Å². The molecule has 0 aliphatic carbocycles. The quantitative estimate of drug-likeness (QED) is 0.733. The summed E-state index contributed by atoms with van der Waals surface area (Å²) in [5.74, 6) is -0.552. The van der Waals surface area contributed by atoms with Crippen LogP contribution in [0.2, 0.25) is 0 Å². The van der Waals surface area contributed by atoms with Gasteiger partial charge >= 0.3 is 5.97 Å². The van der Waals surface area contributed by atoms with Gasteiger partial charge in [0.25, 0.3) is 0 Å². The molecule has 6 heteroatoms. The number of carboxylic acid groups (broad SMARTS) is 1. The second-order valence-electron chi connectivity index (χ2n) is 4.16. The van der Waals surface area contributed by atoms with E-state index in [1.807, 2.05) is 0 Å². The molecule has 0 aliphatic rings. The number of hydrogen-bond donors (Lipinski definition) is 1. The van der Waals surface area contributed by atoms with Crippen molar-refractivity contribution in [2.75, 3.05) is 0 Å². The molecule has 3 aromatic rings. The highest BCUT2D eigenvalue weighted by Crippen LogP contribution is 2.22. The molecule has 3 rings (SSSR count). The van der Waals surface area contributed by atoms with E-state index in [0.717, 1.165) is 0 Å². The van der Waals surface area contributed by atoms with Crippen LogP contribution in [0.4, 0.5) is 0 Å². The zero-order chi connectivity index (χ0) is 14.1. The molecule has 0 saturated heterocycles. The van der Waals surface area contributed by atoms with E-state index in [-0.39, 0.29) is 11.3 Å². The van der Waals surface area contributed by atoms with Gasteiger partial charge in [-0.15, -0.1) is 0 Å². The third-order valence-corrected chi connectivity index (χ3v) is 2.94. The van der Waals surface area contributed by atoms with E-state index in [9.17, 15) is 9.59 Å². The summed E-state index contributed by atoms with van der Waals surface area (Å²) in [6, 6.07) is 6.56. The molecule has 0 fully saturated rings. The predicted octanol–water partition coefficient (Wildman–Crippen LogP) is 1.91. The lowest BCUT2D eigenvalue weighted by Crippen LogP contribution is -1.99. The molecule has 0 spiro atoms. The van der Waals surface area contributed by atoms with E-state index in [0.29, 0.717) is 23.2 Å². The molecule has 0 aliphatic heterocycles. The molecular weight excluding hydrogens is 258 g/mol. The molecule has 0 radical (unpaired) electrons. The van der Waals surface area contributed by atoms with E-state index in [4.69, 9.17) is 5.11 Å². The van der Waals surface area contributed by atoms with Gasteiger partial charge in [0.2, 0.25) is 0 Å². The van der Waals surface area contributed by atoms with Crippen molar-refractivity contribution in [1.29, 1.82) is 0 Å². The number of fused-ring (bicyclic) bond motifs is 1. The van der Waals surface area contributed by atoms with Gasteiger partial charge in [-0.25, -0.2) is 9.78 Å². The number of aromatic nitrogens is 3. The zero-order valence-electron chi connectivity index (χ0n) is 10.2. The summed E-state index contributed by atoms with van der Waals surface area (Å²) in [6.07, 6.45) is 5.33. The van der Waals surface area contributed by atoms with E-state index in [1.165, 1.54) is 12.3 Å². The molecule has 3 aromatic heterocycles. The molecule has 0 bridgehead atoms. The summed E-state index contributed by atoms with van der Waals surface area (Å²) in [5, 5.41) is 9.05. The van der Waals surface area contributed by atoms with Crippen LogP contribution < -0.4 is 0 Å². The number of carbonyl (C=O) groups excluding carboxylic acids is 1. The topological polar surface area (TPSA) is 84.6 Å². The standard InChI is InChI=1S/C14H9N3O3/c18-8-11-12-4-3-10(14(19)20)7-17(12)13(16-11)9-2-1-5-15-6-9/h1-8H,(H,19,20). The number of rotatable bonds is 3. The Morgan fingerprint density at radius 1 is 1.30 bits per heavy atom. The maximum absolute atomic E-state index is 11.1. The van der Waals surface area contributed by atoms with Crippen LogP contribution in [0.3, 0.4) is 0 Å². The van der Waals surface area contributed by atoms with Gasteiger partial charge in [0.05, 0.1) is 11.1 Å². The minimum atomic E-state index is -1.04. The smallest absolute Gasteiger partial charge is 0.337 e.